The number of rotatable bonds is 7. The van der Waals surface area contributed by atoms with Crippen LogP contribution >= 0.6 is 0 Å². The summed E-state index contributed by atoms with van der Waals surface area (Å²) in [6.07, 6.45) is 5.19. The fourth-order valence-corrected chi connectivity index (χ4v) is 4.49. The highest BCUT2D eigenvalue weighted by Gasteiger charge is 2.41. The van der Waals surface area contributed by atoms with Crippen molar-refractivity contribution in [2.75, 3.05) is 19.7 Å². The number of primary amides is 1. The summed E-state index contributed by atoms with van der Waals surface area (Å²) < 4.78 is 5.62. The second kappa shape index (κ2) is 9.86. The van der Waals surface area contributed by atoms with Crippen LogP contribution in [0, 0.1) is 5.41 Å². The van der Waals surface area contributed by atoms with Crippen molar-refractivity contribution >= 4 is 11.8 Å². The summed E-state index contributed by atoms with van der Waals surface area (Å²) in [7, 11) is 0. The predicted octanol–water partition coefficient (Wildman–Crippen LogP) is 4.10. The number of piperidine rings is 1. The molecule has 0 atom stereocenters. The summed E-state index contributed by atoms with van der Waals surface area (Å²) in [4.78, 5) is 31.5. The van der Waals surface area contributed by atoms with E-state index in [0.717, 1.165) is 16.7 Å². The van der Waals surface area contributed by atoms with Crippen LogP contribution in [0.25, 0.3) is 11.1 Å². The normalized spacial score (nSPS) is 15.1. The van der Waals surface area contributed by atoms with Gasteiger partial charge < -0.3 is 15.4 Å². The van der Waals surface area contributed by atoms with E-state index in [4.69, 9.17) is 10.5 Å². The molecule has 1 fully saturated rings. The Balaban J connectivity index is 1.46. The first-order valence-electron chi connectivity index (χ1n) is 11.3. The zero-order valence-electron chi connectivity index (χ0n) is 18.9. The van der Waals surface area contributed by atoms with Gasteiger partial charge in [-0.2, -0.15) is 0 Å². The summed E-state index contributed by atoms with van der Waals surface area (Å²) in [5.41, 5.74) is 9.05. The van der Waals surface area contributed by atoms with Crippen LogP contribution in [0.3, 0.4) is 0 Å². The lowest BCUT2D eigenvalue weighted by Crippen LogP contribution is -2.50. The van der Waals surface area contributed by atoms with Crippen molar-refractivity contribution in [2.24, 2.45) is 11.1 Å². The van der Waals surface area contributed by atoms with Crippen molar-refractivity contribution in [1.82, 2.24) is 9.88 Å². The highest BCUT2D eigenvalue weighted by molar-refractivity contribution is 5.97. The number of carbonyl (C=O) groups is 2. The highest BCUT2D eigenvalue weighted by atomic mass is 16.5. The molecule has 0 spiro atoms. The molecule has 3 aromatic rings. The molecule has 1 aliphatic heterocycles. The lowest BCUT2D eigenvalue weighted by atomic mass is 9.73. The number of para-hydroxylation sites is 1. The molecule has 2 heterocycles. The van der Waals surface area contributed by atoms with E-state index in [1.807, 2.05) is 37.3 Å². The van der Waals surface area contributed by atoms with Gasteiger partial charge in [-0.1, -0.05) is 36.4 Å². The van der Waals surface area contributed by atoms with Gasteiger partial charge in [0.1, 0.15) is 5.75 Å². The number of ether oxygens (including phenoxy) is 1. The van der Waals surface area contributed by atoms with Crippen LogP contribution in [0.2, 0.25) is 0 Å². The van der Waals surface area contributed by atoms with Gasteiger partial charge in [-0.15, -0.1) is 0 Å². The molecule has 1 aromatic heterocycles. The van der Waals surface area contributed by atoms with Gasteiger partial charge in [0, 0.05) is 25.5 Å². The number of aromatic nitrogens is 1. The Labute approximate surface area is 194 Å². The van der Waals surface area contributed by atoms with Gasteiger partial charge in [0.25, 0.3) is 5.91 Å². The summed E-state index contributed by atoms with van der Waals surface area (Å²) in [6, 6.07) is 19.4. The van der Waals surface area contributed by atoms with Crippen LogP contribution in [0.4, 0.5) is 0 Å². The number of hydrogen-bond donors (Lipinski definition) is 1. The van der Waals surface area contributed by atoms with Crippen molar-refractivity contribution < 1.29 is 14.3 Å². The number of nitrogens with zero attached hydrogens (tertiary/aromatic N) is 2. The molecule has 0 unspecified atom stereocenters. The summed E-state index contributed by atoms with van der Waals surface area (Å²) in [5, 5.41) is 0. The van der Waals surface area contributed by atoms with Crippen molar-refractivity contribution in [3.05, 3.63) is 84.2 Å². The van der Waals surface area contributed by atoms with Crippen molar-refractivity contribution in [3.63, 3.8) is 0 Å². The zero-order valence-corrected chi connectivity index (χ0v) is 18.9. The molecule has 0 bridgehead atoms. The molecular formula is C27H29N3O3. The van der Waals surface area contributed by atoms with E-state index in [0.29, 0.717) is 50.3 Å². The third kappa shape index (κ3) is 4.90. The van der Waals surface area contributed by atoms with Gasteiger partial charge in [-0.25, -0.2) is 0 Å². The summed E-state index contributed by atoms with van der Waals surface area (Å²) in [5.74, 6) is 0.215. The maximum atomic E-state index is 13.1. The van der Waals surface area contributed by atoms with E-state index in [2.05, 4.69) is 29.2 Å². The Hall–Kier alpha value is -3.67. The molecule has 2 aromatic carbocycles. The lowest BCUT2D eigenvalue weighted by molar-refractivity contribution is -0.130. The van der Waals surface area contributed by atoms with Gasteiger partial charge >= 0.3 is 0 Å². The zero-order chi connectivity index (χ0) is 23.3. The number of benzene rings is 2. The molecular weight excluding hydrogens is 414 g/mol. The molecule has 4 rings (SSSR count). The van der Waals surface area contributed by atoms with Gasteiger partial charge in [0.2, 0.25) is 5.91 Å². The molecule has 6 nitrogen and oxygen atoms in total. The maximum Gasteiger partial charge on any atom is 0.257 e. The molecule has 170 valence electrons. The van der Waals surface area contributed by atoms with Crippen molar-refractivity contribution in [2.45, 2.75) is 26.2 Å². The largest absolute Gasteiger partial charge is 0.493 e. The van der Waals surface area contributed by atoms with E-state index in [1.54, 1.807) is 23.4 Å². The van der Waals surface area contributed by atoms with E-state index in [9.17, 15) is 9.59 Å². The lowest BCUT2D eigenvalue weighted by Gasteiger charge is -2.40. The first-order chi connectivity index (χ1) is 16.0. The quantitative estimate of drug-likeness (QED) is 0.596. The topological polar surface area (TPSA) is 85.5 Å². The Morgan fingerprint density at radius 2 is 1.61 bits per heavy atom. The minimum Gasteiger partial charge on any atom is -0.493 e. The summed E-state index contributed by atoms with van der Waals surface area (Å²) >= 11 is 0. The van der Waals surface area contributed by atoms with E-state index in [-0.39, 0.29) is 11.8 Å². The van der Waals surface area contributed by atoms with Crippen molar-refractivity contribution in [3.8, 4) is 16.9 Å². The fourth-order valence-electron chi connectivity index (χ4n) is 4.49. The first-order valence-corrected chi connectivity index (χ1v) is 11.3. The number of likely N-dealkylation sites (tertiary alicyclic amines) is 1. The standard InChI is InChI=1S/C27H29N3O3/c1-2-33-24-6-4-3-5-23(24)25(31)30-17-13-27(14-18-30,26(28)32)19-20-7-9-21(10-8-20)22-11-15-29-16-12-22/h3-12,15-16H,2,13-14,17-19H2,1H3,(H2,28,32). The Kier molecular flexibility index (Phi) is 6.73. The number of hydrogen-bond acceptors (Lipinski definition) is 4. The number of pyridine rings is 1. The Morgan fingerprint density at radius 3 is 2.24 bits per heavy atom. The summed E-state index contributed by atoms with van der Waals surface area (Å²) in [6.45, 7) is 3.36. The van der Waals surface area contributed by atoms with E-state index in [1.165, 1.54) is 0 Å². The van der Waals surface area contributed by atoms with Crippen LogP contribution in [-0.4, -0.2) is 41.4 Å². The van der Waals surface area contributed by atoms with Crippen LogP contribution in [-0.2, 0) is 11.2 Å². The molecule has 1 aliphatic rings. The van der Waals surface area contributed by atoms with Gasteiger partial charge in [0.05, 0.1) is 17.6 Å². The minimum absolute atomic E-state index is 0.0705. The molecule has 0 aliphatic carbocycles. The molecule has 0 radical (unpaired) electrons. The average molecular weight is 444 g/mol. The second-order valence-electron chi connectivity index (χ2n) is 8.48. The van der Waals surface area contributed by atoms with Gasteiger partial charge in [-0.05, 0) is 67.1 Å². The fraction of sp³-hybridized carbons (Fsp3) is 0.296. The third-order valence-corrected chi connectivity index (χ3v) is 6.46. The Morgan fingerprint density at radius 1 is 0.970 bits per heavy atom. The molecule has 0 saturated carbocycles. The number of amides is 2. The average Bonchev–Trinajstić information content (AvgIpc) is 2.85. The van der Waals surface area contributed by atoms with Gasteiger partial charge in [-0.3, -0.25) is 14.6 Å². The van der Waals surface area contributed by atoms with Crippen LogP contribution < -0.4 is 10.5 Å². The van der Waals surface area contributed by atoms with E-state index < -0.39 is 5.41 Å². The third-order valence-electron chi connectivity index (χ3n) is 6.46. The molecule has 1 saturated heterocycles. The minimum atomic E-state index is -0.658. The predicted molar refractivity (Wildman–Crippen MR) is 128 cm³/mol. The highest BCUT2D eigenvalue weighted by Crippen LogP contribution is 2.36. The van der Waals surface area contributed by atoms with Crippen molar-refractivity contribution in [1.29, 1.82) is 0 Å². The molecule has 2 amide bonds. The smallest absolute Gasteiger partial charge is 0.257 e. The number of nitrogens with two attached hydrogens (primary N) is 1. The SMILES string of the molecule is CCOc1ccccc1C(=O)N1CCC(Cc2ccc(-c3ccncc3)cc2)(C(N)=O)CC1. The van der Waals surface area contributed by atoms with Crippen LogP contribution in [0.1, 0.15) is 35.7 Å². The van der Waals surface area contributed by atoms with Crippen LogP contribution in [0.5, 0.6) is 5.75 Å². The Bertz CT molecular complexity index is 1100. The molecule has 6 heteroatoms. The first kappa shape index (κ1) is 22.5. The van der Waals surface area contributed by atoms with E-state index >= 15 is 0 Å². The number of carbonyl (C=O) groups excluding carboxylic acids is 2. The maximum absolute atomic E-state index is 13.1. The van der Waals surface area contributed by atoms with Crippen LogP contribution in [0.15, 0.2) is 73.1 Å². The second-order valence-corrected chi connectivity index (χ2v) is 8.48. The monoisotopic (exact) mass is 443 g/mol. The van der Waals surface area contributed by atoms with Gasteiger partial charge in [0.15, 0.2) is 0 Å². The molecule has 33 heavy (non-hydrogen) atoms. The molecule has 2 N–H and O–H groups in total.